The molecule has 1 amide bonds. The monoisotopic (exact) mass is 340 g/mol. The summed E-state index contributed by atoms with van der Waals surface area (Å²) in [6.45, 7) is 1.70. The SMILES string of the molecule is O=C(c1cccc([N+](=O)[O-])c1)N(CCc1ccccc1)[C@@H]1CCOC1. The lowest BCUT2D eigenvalue weighted by molar-refractivity contribution is -0.384. The van der Waals surface area contributed by atoms with Crippen molar-refractivity contribution < 1.29 is 14.5 Å². The molecule has 25 heavy (non-hydrogen) atoms. The molecule has 0 N–H and O–H groups in total. The summed E-state index contributed by atoms with van der Waals surface area (Å²) >= 11 is 0. The normalized spacial score (nSPS) is 16.6. The maximum absolute atomic E-state index is 13.0. The minimum Gasteiger partial charge on any atom is -0.379 e. The molecular weight excluding hydrogens is 320 g/mol. The highest BCUT2D eigenvalue weighted by atomic mass is 16.6. The summed E-state index contributed by atoms with van der Waals surface area (Å²) < 4.78 is 5.44. The molecule has 0 aliphatic carbocycles. The lowest BCUT2D eigenvalue weighted by atomic mass is 10.1. The lowest BCUT2D eigenvalue weighted by Gasteiger charge is -2.28. The van der Waals surface area contributed by atoms with Gasteiger partial charge in [0.05, 0.1) is 17.6 Å². The second kappa shape index (κ2) is 7.90. The Morgan fingerprint density at radius 2 is 2.00 bits per heavy atom. The Bertz CT molecular complexity index is 742. The minimum atomic E-state index is -0.482. The number of non-ortho nitro benzene ring substituents is 1. The van der Waals surface area contributed by atoms with E-state index in [9.17, 15) is 14.9 Å². The topological polar surface area (TPSA) is 72.7 Å². The van der Waals surface area contributed by atoms with Crippen molar-refractivity contribution >= 4 is 11.6 Å². The highest BCUT2D eigenvalue weighted by Crippen LogP contribution is 2.20. The third-order valence-electron chi connectivity index (χ3n) is 4.40. The second-order valence-corrected chi connectivity index (χ2v) is 6.06. The van der Waals surface area contributed by atoms with Gasteiger partial charge in [0.2, 0.25) is 0 Å². The van der Waals surface area contributed by atoms with E-state index >= 15 is 0 Å². The predicted octanol–water partition coefficient (Wildman–Crippen LogP) is 3.07. The first-order valence-electron chi connectivity index (χ1n) is 8.32. The maximum Gasteiger partial charge on any atom is 0.270 e. The van der Waals surface area contributed by atoms with Crippen LogP contribution in [0.15, 0.2) is 54.6 Å². The first-order chi connectivity index (χ1) is 12.1. The molecule has 3 rings (SSSR count). The largest absolute Gasteiger partial charge is 0.379 e. The van der Waals surface area contributed by atoms with Crippen LogP contribution in [0.25, 0.3) is 0 Å². The molecule has 0 radical (unpaired) electrons. The number of carbonyl (C=O) groups excluding carboxylic acids is 1. The van der Waals surface area contributed by atoms with Crippen molar-refractivity contribution in [3.63, 3.8) is 0 Å². The van der Waals surface area contributed by atoms with Gasteiger partial charge in [0.15, 0.2) is 0 Å². The van der Waals surface area contributed by atoms with Crippen LogP contribution < -0.4 is 0 Å². The summed E-state index contributed by atoms with van der Waals surface area (Å²) in [7, 11) is 0. The third kappa shape index (κ3) is 4.22. The van der Waals surface area contributed by atoms with E-state index in [1.54, 1.807) is 17.0 Å². The van der Waals surface area contributed by atoms with Crippen LogP contribution in [-0.2, 0) is 11.2 Å². The Labute approximate surface area is 146 Å². The van der Waals surface area contributed by atoms with Gasteiger partial charge in [-0.25, -0.2) is 0 Å². The van der Waals surface area contributed by atoms with E-state index in [0.29, 0.717) is 25.3 Å². The van der Waals surface area contributed by atoms with Crippen molar-refractivity contribution in [2.45, 2.75) is 18.9 Å². The average Bonchev–Trinajstić information content (AvgIpc) is 3.17. The molecule has 1 aliphatic rings. The molecule has 130 valence electrons. The van der Waals surface area contributed by atoms with Gasteiger partial charge in [0.25, 0.3) is 11.6 Å². The zero-order chi connectivity index (χ0) is 17.6. The Morgan fingerprint density at radius 3 is 2.68 bits per heavy atom. The van der Waals surface area contributed by atoms with Crippen LogP contribution in [0.1, 0.15) is 22.3 Å². The number of nitrogens with zero attached hydrogens (tertiary/aromatic N) is 2. The van der Waals surface area contributed by atoms with Crippen LogP contribution in [0.2, 0.25) is 0 Å². The number of rotatable bonds is 6. The Balaban J connectivity index is 1.79. The van der Waals surface area contributed by atoms with Gasteiger partial charge < -0.3 is 9.64 Å². The molecule has 0 bridgehead atoms. The molecule has 6 nitrogen and oxygen atoms in total. The number of amides is 1. The Hall–Kier alpha value is -2.73. The zero-order valence-corrected chi connectivity index (χ0v) is 13.8. The molecule has 0 spiro atoms. The van der Waals surface area contributed by atoms with Crippen LogP contribution >= 0.6 is 0 Å². The fourth-order valence-corrected chi connectivity index (χ4v) is 3.03. The first-order valence-corrected chi connectivity index (χ1v) is 8.32. The van der Waals surface area contributed by atoms with Crippen molar-refractivity contribution in [2.75, 3.05) is 19.8 Å². The molecule has 0 saturated carbocycles. The maximum atomic E-state index is 13.0. The number of hydrogen-bond acceptors (Lipinski definition) is 4. The van der Waals surface area contributed by atoms with E-state index in [1.807, 2.05) is 30.3 Å². The molecule has 1 heterocycles. The number of carbonyl (C=O) groups is 1. The van der Waals surface area contributed by atoms with Crippen molar-refractivity contribution in [3.8, 4) is 0 Å². The van der Waals surface area contributed by atoms with E-state index in [4.69, 9.17) is 4.74 Å². The first kappa shape index (κ1) is 17.1. The number of hydrogen-bond donors (Lipinski definition) is 0. The fourth-order valence-electron chi connectivity index (χ4n) is 3.03. The summed E-state index contributed by atoms with van der Waals surface area (Å²) in [6, 6.07) is 15.9. The molecule has 1 fully saturated rings. The summed E-state index contributed by atoms with van der Waals surface area (Å²) in [4.78, 5) is 25.3. The average molecular weight is 340 g/mol. The summed E-state index contributed by atoms with van der Waals surface area (Å²) in [5, 5.41) is 11.0. The van der Waals surface area contributed by atoms with Crippen molar-refractivity contribution in [1.29, 1.82) is 0 Å². The lowest BCUT2D eigenvalue weighted by Crippen LogP contribution is -2.42. The van der Waals surface area contributed by atoms with Gasteiger partial charge in [0.1, 0.15) is 0 Å². The van der Waals surface area contributed by atoms with E-state index in [2.05, 4.69) is 0 Å². The number of benzene rings is 2. The van der Waals surface area contributed by atoms with Gasteiger partial charge in [-0.3, -0.25) is 14.9 Å². The molecule has 2 aromatic carbocycles. The van der Waals surface area contributed by atoms with Crippen molar-refractivity contribution in [2.24, 2.45) is 0 Å². The smallest absolute Gasteiger partial charge is 0.270 e. The minimum absolute atomic E-state index is 0.00970. The highest BCUT2D eigenvalue weighted by Gasteiger charge is 2.28. The van der Waals surface area contributed by atoms with Crippen LogP contribution in [0.4, 0.5) is 5.69 Å². The van der Waals surface area contributed by atoms with Crippen LogP contribution in [0.3, 0.4) is 0 Å². The van der Waals surface area contributed by atoms with E-state index < -0.39 is 4.92 Å². The quantitative estimate of drug-likeness (QED) is 0.598. The summed E-state index contributed by atoms with van der Waals surface area (Å²) in [5.74, 6) is -0.185. The van der Waals surface area contributed by atoms with Crippen molar-refractivity contribution in [3.05, 3.63) is 75.8 Å². The Kier molecular flexibility index (Phi) is 5.40. The van der Waals surface area contributed by atoms with Gasteiger partial charge >= 0.3 is 0 Å². The molecule has 0 aromatic heterocycles. The molecule has 2 aromatic rings. The van der Waals surface area contributed by atoms with Gasteiger partial charge in [0, 0.05) is 30.8 Å². The van der Waals surface area contributed by atoms with Crippen molar-refractivity contribution in [1.82, 2.24) is 4.90 Å². The van der Waals surface area contributed by atoms with Gasteiger partial charge in [-0.05, 0) is 24.5 Å². The number of ether oxygens (including phenoxy) is 1. The van der Waals surface area contributed by atoms with Gasteiger partial charge in [-0.1, -0.05) is 36.4 Å². The number of nitro groups is 1. The van der Waals surface area contributed by atoms with Gasteiger partial charge in [-0.15, -0.1) is 0 Å². The molecule has 1 atom stereocenters. The van der Waals surface area contributed by atoms with E-state index in [0.717, 1.165) is 18.4 Å². The molecular formula is C19H20N2O4. The van der Waals surface area contributed by atoms with Crippen LogP contribution in [0.5, 0.6) is 0 Å². The molecule has 1 saturated heterocycles. The Morgan fingerprint density at radius 1 is 1.20 bits per heavy atom. The number of nitro benzene ring substituents is 1. The molecule has 6 heteroatoms. The highest BCUT2D eigenvalue weighted by molar-refractivity contribution is 5.95. The van der Waals surface area contributed by atoms with E-state index in [-0.39, 0.29) is 17.6 Å². The second-order valence-electron chi connectivity index (χ2n) is 6.06. The summed E-state index contributed by atoms with van der Waals surface area (Å²) in [5.41, 5.74) is 1.42. The predicted molar refractivity (Wildman–Crippen MR) is 93.5 cm³/mol. The molecule has 0 unspecified atom stereocenters. The van der Waals surface area contributed by atoms with Crippen LogP contribution in [-0.4, -0.2) is 41.5 Å². The third-order valence-corrected chi connectivity index (χ3v) is 4.40. The fraction of sp³-hybridized carbons (Fsp3) is 0.316. The zero-order valence-electron chi connectivity index (χ0n) is 13.8. The molecule has 1 aliphatic heterocycles. The van der Waals surface area contributed by atoms with Gasteiger partial charge in [-0.2, -0.15) is 0 Å². The van der Waals surface area contributed by atoms with Crippen LogP contribution in [0, 0.1) is 10.1 Å². The standard InChI is InChI=1S/C19H20N2O4/c22-19(16-7-4-8-17(13-16)21(23)24)20(18-10-12-25-14-18)11-9-15-5-2-1-3-6-15/h1-8,13,18H,9-12,14H2/t18-/m1/s1. The van der Waals surface area contributed by atoms with E-state index in [1.165, 1.54) is 12.1 Å². The summed E-state index contributed by atoms with van der Waals surface area (Å²) in [6.07, 6.45) is 1.52.